The van der Waals surface area contributed by atoms with Crippen molar-refractivity contribution in [3.8, 4) is 5.75 Å². The van der Waals surface area contributed by atoms with Crippen molar-refractivity contribution in [2.75, 3.05) is 6.54 Å². The number of nitro benzene ring substituents is 2. The smallest absolute Gasteiger partial charge is 0.415 e. The molecule has 0 aliphatic carbocycles. The number of nitro groups is 2. The lowest BCUT2D eigenvalue weighted by Crippen LogP contribution is -2.39. The third kappa shape index (κ3) is 9.00. The zero-order valence-corrected chi connectivity index (χ0v) is 23.9. The molecule has 0 bridgehead atoms. The van der Waals surface area contributed by atoms with Gasteiger partial charge in [0, 0.05) is 55.6 Å². The molecule has 3 aromatic carbocycles. The van der Waals surface area contributed by atoms with Gasteiger partial charge < -0.3 is 19.7 Å². The van der Waals surface area contributed by atoms with Gasteiger partial charge in [0.05, 0.1) is 9.85 Å². The van der Waals surface area contributed by atoms with Gasteiger partial charge >= 0.3 is 12.2 Å². The Morgan fingerprint density at radius 1 is 0.930 bits per heavy atom. The summed E-state index contributed by atoms with van der Waals surface area (Å²) in [5.41, 5.74) is 2.15. The SMILES string of the molecule is CC(=O)S[C@H]1C[C@@H](Cc2cccc(CNC(=O)OCc3ccc([N+](=O)[O-])cc3)c2)N(C(=O)Oc2ccc([N+](=O)[O-])cc2)C1. The van der Waals surface area contributed by atoms with Crippen LogP contribution in [0.2, 0.25) is 0 Å². The monoisotopic (exact) mass is 608 g/mol. The van der Waals surface area contributed by atoms with E-state index in [-0.39, 0.29) is 46.7 Å². The first kappa shape index (κ1) is 31.0. The Bertz CT molecular complexity index is 1500. The molecule has 1 N–H and O–H groups in total. The molecule has 0 spiro atoms. The topological polar surface area (TPSA) is 171 Å². The van der Waals surface area contributed by atoms with Crippen LogP contribution in [0.5, 0.6) is 5.75 Å². The molecule has 0 aromatic heterocycles. The fraction of sp³-hybridized carbons (Fsp3) is 0.276. The van der Waals surface area contributed by atoms with Crippen molar-refractivity contribution in [1.29, 1.82) is 0 Å². The molecule has 0 saturated carbocycles. The van der Waals surface area contributed by atoms with Crippen LogP contribution in [0.25, 0.3) is 0 Å². The van der Waals surface area contributed by atoms with E-state index in [9.17, 15) is 34.6 Å². The Labute approximate surface area is 250 Å². The van der Waals surface area contributed by atoms with Crippen molar-refractivity contribution in [2.24, 2.45) is 0 Å². The van der Waals surface area contributed by atoms with E-state index in [0.29, 0.717) is 24.9 Å². The summed E-state index contributed by atoms with van der Waals surface area (Å²) in [7, 11) is 0. The van der Waals surface area contributed by atoms with E-state index >= 15 is 0 Å². The van der Waals surface area contributed by atoms with Crippen LogP contribution in [-0.2, 0) is 29.1 Å². The summed E-state index contributed by atoms with van der Waals surface area (Å²) >= 11 is 1.17. The number of likely N-dealkylation sites (tertiary alicyclic amines) is 1. The zero-order valence-electron chi connectivity index (χ0n) is 23.0. The van der Waals surface area contributed by atoms with Gasteiger partial charge in [-0.3, -0.25) is 25.0 Å². The van der Waals surface area contributed by atoms with Gasteiger partial charge in [-0.25, -0.2) is 9.59 Å². The Hall–Kier alpha value is -4.98. The number of carbonyl (C=O) groups is 3. The number of non-ortho nitro benzene ring substituents is 2. The number of nitrogens with zero attached hydrogens (tertiary/aromatic N) is 3. The van der Waals surface area contributed by atoms with E-state index < -0.39 is 22.0 Å². The summed E-state index contributed by atoms with van der Waals surface area (Å²) < 4.78 is 10.7. The quantitative estimate of drug-likeness (QED) is 0.232. The number of thioether (sulfide) groups is 1. The third-order valence-corrected chi connectivity index (χ3v) is 7.62. The van der Waals surface area contributed by atoms with Crippen LogP contribution in [0.1, 0.15) is 30.0 Å². The van der Waals surface area contributed by atoms with Gasteiger partial charge in [0.2, 0.25) is 0 Å². The summed E-state index contributed by atoms with van der Waals surface area (Å²) in [6, 6.07) is 18.1. The standard InChI is InChI=1S/C29H28N4O9S/c1-19(34)43-27-15-25(31(17-27)29(36)42-26-11-9-24(10-12-26)33(39)40)14-21-3-2-4-22(13-21)16-30-28(35)41-18-20-5-7-23(8-6-20)32(37)38/h2-13,25,27H,14-18H2,1H3,(H,30,35)/t25-,27+/m1/s1. The summed E-state index contributed by atoms with van der Waals surface area (Å²) in [4.78, 5) is 59.3. The van der Waals surface area contributed by atoms with E-state index in [1.807, 2.05) is 24.3 Å². The number of amides is 2. The molecule has 14 heteroatoms. The molecule has 2 amide bonds. The van der Waals surface area contributed by atoms with Gasteiger partial charge in [-0.1, -0.05) is 36.0 Å². The molecule has 0 unspecified atom stereocenters. The largest absolute Gasteiger partial charge is 0.445 e. The highest BCUT2D eigenvalue weighted by Gasteiger charge is 2.37. The van der Waals surface area contributed by atoms with E-state index in [0.717, 1.165) is 11.1 Å². The van der Waals surface area contributed by atoms with Crippen LogP contribution in [0.3, 0.4) is 0 Å². The molecular formula is C29H28N4O9S. The maximum atomic E-state index is 13.1. The lowest BCUT2D eigenvalue weighted by atomic mass is 10.0. The lowest BCUT2D eigenvalue weighted by molar-refractivity contribution is -0.385. The highest BCUT2D eigenvalue weighted by Crippen LogP contribution is 2.31. The molecule has 3 aromatic rings. The molecule has 224 valence electrons. The number of ether oxygens (including phenoxy) is 2. The van der Waals surface area contributed by atoms with E-state index in [1.54, 1.807) is 4.90 Å². The molecular weight excluding hydrogens is 580 g/mol. The van der Waals surface area contributed by atoms with Crippen LogP contribution in [0.4, 0.5) is 21.0 Å². The fourth-order valence-corrected chi connectivity index (χ4v) is 5.66. The van der Waals surface area contributed by atoms with Gasteiger partial charge in [-0.15, -0.1) is 0 Å². The number of carbonyl (C=O) groups excluding carboxylic acids is 3. The Morgan fingerprint density at radius 3 is 2.19 bits per heavy atom. The average Bonchev–Trinajstić information content (AvgIpc) is 3.36. The maximum absolute atomic E-state index is 13.1. The van der Waals surface area contributed by atoms with Crippen LogP contribution in [-0.4, -0.2) is 49.9 Å². The summed E-state index contributed by atoms with van der Waals surface area (Å²) in [5.74, 6) is 0.172. The van der Waals surface area contributed by atoms with Gasteiger partial charge in [-0.05, 0) is 53.8 Å². The summed E-state index contributed by atoms with van der Waals surface area (Å²) in [5, 5.41) is 24.2. The molecule has 2 atom stereocenters. The first-order valence-corrected chi connectivity index (χ1v) is 14.1. The third-order valence-electron chi connectivity index (χ3n) is 6.61. The van der Waals surface area contributed by atoms with Crippen molar-refractivity contribution in [3.63, 3.8) is 0 Å². The minimum atomic E-state index is -0.649. The molecule has 1 fully saturated rings. The minimum absolute atomic E-state index is 0.0448. The first-order valence-electron chi connectivity index (χ1n) is 13.2. The van der Waals surface area contributed by atoms with Gasteiger partial charge in [0.1, 0.15) is 12.4 Å². The molecule has 13 nitrogen and oxygen atoms in total. The van der Waals surface area contributed by atoms with Crippen molar-refractivity contribution >= 4 is 40.4 Å². The van der Waals surface area contributed by atoms with Crippen molar-refractivity contribution in [2.45, 2.75) is 44.2 Å². The molecule has 4 rings (SSSR count). The van der Waals surface area contributed by atoms with Crippen molar-refractivity contribution < 1.29 is 33.7 Å². The zero-order chi connectivity index (χ0) is 30.9. The number of benzene rings is 3. The summed E-state index contributed by atoms with van der Waals surface area (Å²) in [6.45, 7) is 1.93. The number of alkyl carbamates (subject to hydrolysis) is 1. The average molecular weight is 609 g/mol. The summed E-state index contributed by atoms with van der Waals surface area (Å²) in [6.07, 6.45) is -0.220. The molecule has 1 aliphatic rings. The van der Waals surface area contributed by atoms with Crippen LogP contribution in [0.15, 0.2) is 72.8 Å². The second kappa shape index (κ2) is 14.3. The normalized spacial score (nSPS) is 15.9. The Kier molecular flexibility index (Phi) is 10.3. The van der Waals surface area contributed by atoms with Gasteiger partial charge in [-0.2, -0.15) is 0 Å². The van der Waals surface area contributed by atoms with Crippen LogP contribution >= 0.6 is 11.8 Å². The van der Waals surface area contributed by atoms with Crippen molar-refractivity contribution in [3.05, 3.63) is 110 Å². The second-order valence-corrected chi connectivity index (χ2v) is 11.2. The lowest BCUT2D eigenvalue weighted by Gasteiger charge is -2.24. The molecule has 0 radical (unpaired) electrons. The molecule has 1 heterocycles. The first-order chi connectivity index (χ1) is 20.6. The number of nitrogens with one attached hydrogen (secondary N) is 1. The Morgan fingerprint density at radius 2 is 1.56 bits per heavy atom. The number of rotatable bonds is 10. The van der Waals surface area contributed by atoms with E-state index in [2.05, 4.69) is 5.32 Å². The van der Waals surface area contributed by atoms with Crippen LogP contribution in [0, 0.1) is 20.2 Å². The van der Waals surface area contributed by atoms with Crippen LogP contribution < -0.4 is 10.1 Å². The van der Waals surface area contributed by atoms with Gasteiger partial charge in [0.15, 0.2) is 5.12 Å². The number of hydrogen-bond acceptors (Lipinski definition) is 10. The highest BCUT2D eigenvalue weighted by atomic mass is 32.2. The van der Waals surface area contributed by atoms with E-state index in [4.69, 9.17) is 9.47 Å². The Balaban J connectivity index is 1.34. The second-order valence-electron chi connectivity index (χ2n) is 9.77. The predicted octanol–water partition coefficient (Wildman–Crippen LogP) is 5.39. The molecule has 43 heavy (non-hydrogen) atoms. The van der Waals surface area contributed by atoms with Crippen molar-refractivity contribution in [1.82, 2.24) is 10.2 Å². The molecule has 1 saturated heterocycles. The van der Waals surface area contributed by atoms with E-state index in [1.165, 1.54) is 67.2 Å². The number of hydrogen-bond donors (Lipinski definition) is 1. The highest BCUT2D eigenvalue weighted by molar-refractivity contribution is 8.14. The fourth-order valence-electron chi connectivity index (χ4n) is 4.63. The van der Waals surface area contributed by atoms with Gasteiger partial charge in [0.25, 0.3) is 11.4 Å². The predicted molar refractivity (Wildman–Crippen MR) is 157 cm³/mol. The molecule has 1 aliphatic heterocycles. The maximum Gasteiger partial charge on any atom is 0.415 e. The minimum Gasteiger partial charge on any atom is -0.445 e.